The lowest BCUT2D eigenvalue weighted by Gasteiger charge is -2.09. The summed E-state index contributed by atoms with van der Waals surface area (Å²) in [5.41, 5.74) is 2.48. The van der Waals surface area contributed by atoms with Crippen LogP contribution in [0.25, 0.3) is 0 Å². The maximum Gasteiger partial charge on any atom is 0.337 e. The summed E-state index contributed by atoms with van der Waals surface area (Å²) in [5.74, 6) is -1.36. The zero-order chi connectivity index (χ0) is 16.1. The van der Waals surface area contributed by atoms with Gasteiger partial charge < -0.3 is 10.4 Å². The van der Waals surface area contributed by atoms with Gasteiger partial charge in [0, 0.05) is 11.4 Å². The van der Waals surface area contributed by atoms with Crippen LogP contribution >= 0.6 is 11.6 Å². The van der Waals surface area contributed by atoms with Crippen molar-refractivity contribution in [1.29, 1.82) is 0 Å². The van der Waals surface area contributed by atoms with Crippen molar-refractivity contribution in [3.05, 3.63) is 64.2 Å². The van der Waals surface area contributed by atoms with Gasteiger partial charge in [0.2, 0.25) is 5.91 Å². The number of carbonyl (C=O) groups is 2. The van der Waals surface area contributed by atoms with Crippen molar-refractivity contribution in [1.82, 2.24) is 0 Å². The van der Waals surface area contributed by atoms with E-state index in [9.17, 15) is 9.59 Å². The van der Waals surface area contributed by atoms with Crippen LogP contribution in [-0.4, -0.2) is 17.0 Å². The van der Waals surface area contributed by atoms with Gasteiger partial charge in [-0.3, -0.25) is 4.79 Å². The highest BCUT2D eigenvalue weighted by atomic mass is 35.5. The van der Waals surface area contributed by atoms with E-state index in [-0.39, 0.29) is 23.6 Å². The summed E-state index contributed by atoms with van der Waals surface area (Å²) in [6.07, 6.45) is 0.890. The molecule has 0 saturated carbocycles. The van der Waals surface area contributed by atoms with Gasteiger partial charge in [0.1, 0.15) is 0 Å². The molecule has 4 nitrogen and oxygen atoms in total. The molecule has 0 spiro atoms. The van der Waals surface area contributed by atoms with Crippen molar-refractivity contribution in [2.45, 2.75) is 19.8 Å². The van der Waals surface area contributed by atoms with Crippen molar-refractivity contribution < 1.29 is 14.7 Å². The van der Waals surface area contributed by atoms with E-state index in [1.54, 1.807) is 6.07 Å². The molecule has 0 aliphatic carbocycles. The molecular formula is C17H16ClNO3. The summed E-state index contributed by atoms with van der Waals surface area (Å²) in [6.45, 7) is 2.00. The number of aromatic carboxylic acids is 1. The van der Waals surface area contributed by atoms with Crippen molar-refractivity contribution in [3.63, 3.8) is 0 Å². The average molecular weight is 318 g/mol. The molecule has 0 bridgehead atoms. The summed E-state index contributed by atoms with van der Waals surface area (Å²) in [7, 11) is 0. The van der Waals surface area contributed by atoms with Gasteiger partial charge >= 0.3 is 5.97 Å². The molecule has 114 valence electrons. The number of carboxylic acids is 1. The van der Waals surface area contributed by atoms with E-state index < -0.39 is 5.97 Å². The molecule has 0 saturated heterocycles. The molecule has 0 aliphatic heterocycles. The quantitative estimate of drug-likeness (QED) is 0.878. The van der Waals surface area contributed by atoms with Crippen LogP contribution in [0.3, 0.4) is 0 Å². The van der Waals surface area contributed by atoms with Crippen molar-refractivity contribution in [2.24, 2.45) is 0 Å². The normalized spacial score (nSPS) is 10.3. The standard InChI is InChI=1S/C17H16ClNO3/c1-11-4-2-3-5-12(11)6-9-16(20)19-15-8-7-13(18)10-14(15)17(21)22/h2-5,7-8,10H,6,9H2,1H3,(H,19,20)(H,21,22). The fourth-order valence-corrected chi connectivity index (χ4v) is 2.33. The zero-order valence-corrected chi connectivity index (χ0v) is 12.9. The zero-order valence-electron chi connectivity index (χ0n) is 12.1. The molecule has 0 aromatic heterocycles. The van der Waals surface area contributed by atoms with E-state index in [0.717, 1.165) is 11.1 Å². The Labute approximate surface area is 133 Å². The largest absolute Gasteiger partial charge is 0.478 e. The molecule has 1 amide bonds. The Morgan fingerprint density at radius 3 is 2.59 bits per heavy atom. The average Bonchev–Trinajstić information content (AvgIpc) is 2.48. The van der Waals surface area contributed by atoms with Gasteiger partial charge in [0.05, 0.1) is 11.3 Å². The SMILES string of the molecule is Cc1ccccc1CCC(=O)Nc1ccc(Cl)cc1C(=O)O. The number of hydrogen-bond donors (Lipinski definition) is 2. The predicted octanol–water partition coefficient (Wildman–Crippen LogP) is 3.92. The minimum atomic E-state index is -1.13. The number of amides is 1. The third-order valence-corrected chi connectivity index (χ3v) is 3.60. The lowest BCUT2D eigenvalue weighted by atomic mass is 10.0. The Hall–Kier alpha value is -2.33. The Morgan fingerprint density at radius 1 is 1.18 bits per heavy atom. The number of benzene rings is 2. The fraction of sp³-hybridized carbons (Fsp3) is 0.176. The van der Waals surface area contributed by atoms with Crippen LogP contribution in [0.5, 0.6) is 0 Å². The Kier molecular flexibility index (Phi) is 5.17. The lowest BCUT2D eigenvalue weighted by Crippen LogP contribution is -2.15. The maximum absolute atomic E-state index is 12.0. The predicted molar refractivity (Wildman–Crippen MR) is 86.5 cm³/mol. The molecule has 2 aromatic carbocycles. The topological polar surface area (TPSA) is 66.4 Å². The molecule has 0 atom stereocenters. The number of carbonyl (C=O) groups excluding carboxylic acids is 1. The molecule has 2 aromatic rings. The van der Waals surface area contributed by atoms with Gasteiger partial charge in [-0.05, 0) is 42.7 Å². The summed E-state index contributed by atoms with van der Waals surface area (Å²) in [4.78, 5) is 23.2. The summed E-state index contributed by atoms with van der Waals surface area (Å²) in [6, 6.07) is 12.2. The van der Waals surface area contributed by atoms with Crippen LogP contribution in [0, 0.1) is 6.92 Å². The molecule has 0 fully saturated rings. The third-order valence-electron chi connectivity index (χ3n) is 3.37. The molecule has 0 aliphatic rings. The number of halogens is 1. The van der Waals surface area contributed by atoms with Crippen LogP contribution < -0.4 is 5.32 Å². The second-order valence-corrected chi connectivity index (χ2v) is 5.41. The van der Waals surface area contributed by atoms with E-state index in [1.165, 1.54) is 12.1 Å². The molecule has 0 unspecified atom stereocenters. The Balaban J connectivity index is 2.04. The van der Waals surface area contributed by atoms with E-state index in [1.807, 2.05) is 31.2 Å². The van der Waals surface area contributed by atoms with E-state index in [4.69, 9.17) is 16.7 Å². The number of hydrogen-bond acceptors (Lipinski definition) is 2. The summed E-state index contributed by atoms with van der Waals surface area (Å²) < 4.78 is 0. The summed E-state index contributed by atoms with van der Waals surface area (Å²) in [5, 5.41) is 12.1. The van der Waals surface area contributed by atoms with Crippen LogP contribution in [-0.2, 0) is 11.2 Å². The van der Waals surface area contributed by atoms with Crippen molar-refractivity contribution >= 4 is 29.2 Å². The molecule has 0 heterocycles. The molecule has 22 heavy (non-hydrogen) atoms. The van der Waals surface area contributed by atoms with Crippen molar-refractivity contribution in [3.8, 4) is 0 Å². The number of carboxylic acid groups (broad SMARTS) is 1. The first-order chi connectivity index (χ1) is 10.5. The second-order valence-electron chi connectivity index (χ2n) is 4.97. The van der Waals surface area contributed by atoms with Gasteiger partial charge in [0.25, 0.3) is 0 Å². The molecule has 5 heteroatoms. The number of anilines is 1. The van der Waals surface area contributed by atoms with Gasteiger partial charge in [-0.1, -0.05) is 35.9 Å². The number of aryl methyl sites for hydroxylation is 2. The second kappa shape index (κ2) is 7.09. The first-order valence-corrected chi connectivity index (χ1v) is 7.22. The smallest absolute Gasteiger partial charge is 0.337 e. The lowest BCUT2D eigenvalue weighted by molar-refractivity contribution is -0.116. The van der Waals surface area contributed by atoms with Gasteiger partial charge in [-0.2, -0.15) is 0 Å². The van der Waals surface area contributed by atoms with Gasteiger partial charge in [-0.15, -0.1) is 0 Å². The molecule has 2 rings (SSSR count). The highest BCUT2D eigenvalue weighted by Gasteiger charge is 2.13. The Morgan fingerprint density at radius 2 is 1.91 bits per heavy atom. The molecule has 2 N–H and O–H groups in total. The molecular weight excluding hydrogens is 302 g/mol. The van der Waals surface area contributed by atoms with Crippen LogP contribution in [0.15, 0.2) is 42.5 Å². The monoisotopic (exact) mass is 317 g/mol. The van der Waals surface area contributed by atoms with E-state index in [0.29, 0.717) is 11.4 Å². The van der Waals surface area contributed by atoms with Gasteiger partial charge in [0.15, 0.2) is 0 Å². The molecule has 0 radical (unpaired) electrons. The fourth-order valence-electron chi connectivity index (χ4n) is 2.15. The van der Waals surface area contributed by atoms with Crippen LogP contribution in [0.4, 0.5) is 5.69 Å². The first kappa shape index (κ1) is 16.0. The number of rotatable bonds is 5. The third kappa shape index (κ3) is 4.09. The number of nitrogens with one attached hydrogen (secondary N) is 1. The summed E-state index contributed by atoms with van der Waals surface area (Å²) >= 11 is 5.78. The minimum Gasteiger partial charge on any atom is -0.478 e. The highest BCUT2D eigenvalue weighted by molar-refractivity contribution is 6.31. The Bertz CT molecular complexity index is 713. The minimum absolute atomic E-state index is 0.0169. The first-order valence-electron chi connectivity index (χ1n) is 6.84. The van der Waals surface area contributed by atoms with Crippen LogP contribution in [0.1, 0.15) is 27.9 Å². The van der Waals surface area contributed by atoms with Crippen LogP contribution in [0.2, 0.25) is 5.02 Å². The van der Waals surface area contributed by atoms with Crippen molar-refractivity contribution in [2.75, 3.05) is 5.32 Å². The van der Waals surface area contributed by atoms with E-state index >= 15 is 0 Å². The van der Waals surface area contributed by atoms with E-state index in [2.05, 4.69) is 5.32 Å². The highest BCUT2D eigenvalue weighted by Crippen LogP contribution is 2.21. The van der Waals surface area contributed by atoms with Gasteiger partial charge in [-0.25, -0.2) is 4.79 Å². The maximum atomic E-state index is 12.0.